The van der Waals surface area contributed by atoms with E-state index >= 15 is 0 Å². The molecule has 1 heterocycles. The van der Waals surface area contributed by atoms with Crippen LogP contribution in [0.4, 0.5) is 4.39 Å². The maximum Gasteiger partial charge on any atom is 0.164 e. The largest absolute Gasteiger partial charge is 0.490 e. The van der Waals surface area contributed by atoms with Gasteiger partial charge in [-0.05, 0) is 44.2 Å². The molecule has 0 aliphatic carbocycles. The summed E-state index contributed by atoms with van der Waals surface area (Å²) in [6, 6.07) is 3.23. The van der Waals surface area contributed by atoms with Gasteiger partial charge in [-0.3, -0.25) is 0 Å². The molecule has 3 nitrogen and oxygen atoms in total. The van der Waals surface area contributed by atoms with Crippen LogP contribution >= 0.6 is 0 Å². The monoisotopic (exact) mass is 296 g/mol. The first-order valence-corrected chi connectivity index (χ1v) is 7.89. The van der Waals surface area contributed by atoms with Crippen LogP contribution in [0.1, 0.15) is 45.6 Å². The number of hydrogen-bond acceptors (Lipinski definition) is 3. The van der Waals surface area contributed by atoms with Gasteiger partial charge in [0.25, 0.3) is 0 Å². The fourth-order valence-electron chi connectivity index (χ4n) is 2.25. The van der Waals surface area contributed by atoms with Gasteiger partial charge in [-0.25, -0.2) is 4.39 Å². The molecular formula is C17H25FO3. The summed E-state index contributed by atoms with van der Waals surface area (Å²) >= 11 is 0. The van der Waals surface area contributed by atoms with Crippen LogP contribution in [0.3, 0.4) is 0 Å². The van der Waals surface area contributed by atoms with Crippen LogP contribution < -0.4 is 9.47 Å². The number of hydrogen-bond donors (Lipinski definition) is 0. The molecule has 0 amide bonds. The van der Waals surface area contributed by atoms with E-state index in [2.05, 4.69) is 0 Å². The van der Waals surface area contributed by atoms with E-state index < -0.39 is 0 Å². The molecule has 1 aliphatic rings. The van der Waals surface area contributed by atoms with Gasteiger partial charge in [0.1, 0.15) is 5.82 Å². The Balaban J connectivity index is 2.08. The van der Waals surface area contributed by atoms with Crippen molar-refractivity contribution in [2.24, 2.45) is 0 Å². The summed E-state index contributed by atoms with van der Waals surface area (Å²) in [6.07, 6.45) is 3.90. The first-order valence-electron chi connectivity index (χ1n) is 7.89. The van der Waals surface area contributed by atoms with Crippen molar-refractivity contribution >= 4 is 0 Å². The summed E-state index contributed by atoms with van der Waals surface area (Å²) < 4.78 is 30.8. The van der Waals surface area contributed by atoms with Crippen LogP contribution in [-0.4, -0.2) is 25.4 Å². The van der Waals surface area contributed by atoms with Crippen molar-refractivity contribution in [1.29, 1.82) is 0 Å². The number of halogens is 1. The van der Waals surface area contributed by atoms with Crippen molar-refractivity contribution in [1.82, 2.24) is 0 Å². The topological polar surface area (TPSA) is 31.0 Å². The van der Waals surface area contributed by atoms with Crippen molar-refractivity contribution in [3.05, 3.63) is 23.5 Å². The fourth-order valence-corrected chi connectivity index (χ4v) is 2.25. The summed E-state index contributed by atoms with van der Waals surface area (Å²) in [5.74, 6) is 0.923. The lowest BCUT2D eigenvalue weighted by atomic mass is 10.1. The van der Waals surface area contributed by atoms with Gasteiger partial charge in [-0.2, -0.15) is 0 Å². The average molecular weight is 296 g/mol. The molecular weight excluding hydrogens is 271 g/mol. The van der Waals surface area contributed by atoms with Gasteiger partial charge in [0.05, 0.1) is 25.4 Å². The van der Waals surface area contributed by atoms with Gasteiger partial charge in [-0.1, -0.05) is 13.8 Å². The number of benzene rings is 1. The third-order valence-electron chi connectivity index (χ3n) is 3.57. The zero-order chi connectivity index (χ0) is 15.2. The molecule has 1 aromatic carbocycles. The van der Waals surface area contributed by atoms with Crippen LogP contribution in [0.15, 0.2) is 12.1 Å². The molecule has 21 heavy (non-hydrogen) atoms. The van der Waals surface area contributed by atoms with Gasteiger partial charge >= 0.3 is 0 Å². The minimum atomic E-state index is -0.224. The highest BCUT2D eigenvalue weighted by atomic mass is 19.1. The van der Waals surface area contributed by atoms with E-state index in [0.29, 0.717) is 42.8 Å². The molecule has 1 saturated heterocycles. The molecule has 2 rings (SSSR count). The normalized spacial score (nSPS) is 20.4. The second kappa shape index (κ2) is 7.64. The number of aryl methyl sites for hydroxylation is 1. The van der Waals surface area contributed by atoms with Gasteiger partial charge in [0.15, 0.2) is 11.5 Å². The number of rotatable bonds is 9. The molecule has 1 aliphatic heterocycles. The molecule has 0 spiro atoms. The van der Waals surface area contributed by atoms with Crippen LogP contribution in [0.25, 0.3) is 0 Å². The van der Waals surface area contributed by atoms with E-state index in [1.807, 2.05) is 20.8 Å². The minimum Gasteiger partial charge on any atom is -0.490 e. The molecule has 2 atom stereocenters. The van der Waals surface area contributed by atoms with Gasteiger partial charge in [0.2, 0.25) is 0 Å². The Kier molecular flexibility index (Phi) is 5.85. The minimum absolute atomic E-state index is 0.224. The summed E-state index contributed by atoms with van der Waals surface area (Å²) in [4.78, 5) is 0. The Bertz CT molecular complexity index is 462. The number of epoxide rings is 1. The number of ether oxygens (including phenoxy) is 3. The van der Waals surface area contributed by atoms with E-state index in [1.165, 1.54) is 6.07 Å². The Morgan fingerprint density at radius 3 is 2.19 bits per heavy atom. The van der Waals surface area contributed by atoms with E-state index in [9.17, 15) is 4.39 Å². The van der Waals surface area contributed by atoms with E-state index in [1.54, 1.807) is 6.07 Å². The van der Waals surface area contributed by atoms with Gasteiger partial charge < -0.3 is 14.2 Å². The smallest absolute Gasteiger partial charge is 0.164 e. The lowest BCUT2D eigenvalue weighted by Gasteiger charge is -2.14. The van der Waals surface area contributed by atoms with Crippen LogP contribution in [-0.2, 0) is 11.2 Å². The van der Waals surface area contributed by atoms with Gasteiger partial charge in [0, 0.05) is 6.07 Å². The zero-order valence-electron chi connectivity index (χ0n) is 13.2. The second-order valence-electron chi connectivity index (χ2n) is 5.51. The lowest BCUT2D eigenvalue weighted by Crippen LogP contribution is -2.04. The van der Waals surface area contributed by atoms with Crippen molar-refractivity contribution < 1.29 is 18.6 Å². The predicted octanol–water partition coefficient (Wildman–Crippen LogP) is 4.12. The average Bonchev–Trinajstić information content (AvgIpc) is 3.18. The molecule has 0 saturated carbocycles. The molecule has 4 heteroatoms. The quantitative estimate of drug-likeness (QED) is 0.642. The fraction of sp³-hybridized carbons (Fsp3) is 0.647. The third-order valence-corrected chi connectivity index (χ3v) is 3.57. The summed E-state index contributed by atoms with van der Waals surface area (Å²) in [7, 11) is 0. The van der Waals surface area contributed by atoms with E-state index in [4.69, 9.17) is 14.2 Å². The molecule has 0 radical (unpaired) electrons. The van der Waals surface area contributed by atoms with Crippen LogP contribution in [0.2, 0.25) is 0 Å². The van der Waals surface area contributed by atoms with E-state index in [0.717, 1.165) is 19.3 Å². The van der Waals surface area contributed by atoms with E-state index in [-0.39, 0.29) is 11.9 Å². The molecule has 0 bridgehead atoms. The first kappa shape index (κ1) is 16.1. The lowest BCUT2D eigenvalue weighted by molar-refractivity contribution is 0.266. The Morgan fingerprint density at radius 2 is 1.67 bits per heavy atom. The summed E-state index contributed by atoms with van der Waals surface area (Å²) in [5, 5.41) is 0. The van der Waals surface area contributed by atoms with Crippen molar-refractivity contribution in [2.75, 3.05) is 13.2 Å². The van der Waals surface area contributed by atoms with Crippen LogP contribution in [0, 0.1) is 5.82 Å². The zero-order valence-corrected chi connectivity index (χ0v) is 13.2. The molecule has 0 aromatic heterocycles. The van der Waals surface area contributed by atoms with Crippen molar-refractivity contribution in [2.45, 2.75) is 58.7 Å². The molecule has 0 N–H and O–H groups in total. The third kappa shape index (κ3) is 4.60. The predicted molar refractivity (Wildman–Crippen MR) is 80.6 cm³/mol. The molecule has 1 aromatic rings. The Labute approximate surface area is 126 Å². The highest BCUT2D eigenvalue weighted by Crippen LogP contribution is 2.33. The Morgan fingerprint density at radius 1 is 1.10 bits per heavy atom. The maximum absolute atomic E-state index is 14.2. The Hall–Kier alpha value is -1.29. The first-order chi connectivity index (χ1) is 10.2. The standard InChI is InChI=1S/C17H25FO3/c1-4-8-19-16-10-13(6-7-15-12(3)21-15)14(18)11-17(16)20-9-5-2/h10-12,15H,4-9H2,1-3H3. The van der Waals surface area contributed by atoms with Crippen molar-refractivity contribution in [3.63, 3.8) is 0 Å². The summed E-state index contributed by atoms with van der Waals surface area (Å²) in [6.45, 7) is 7.28. The van der Waals surface area contributed by atoms with Crippen molar-refractivity contribution in [3.8, 4) is 11.5 Å². The summed E-state index contributed by atoms with van der Waals surface area (Å²) in [5.41, 5.74) is 0.674. The molecule has 118 valence electrons. The molecule has 2 unspecified atom stereocenters. The second-order valence-corrected chi connectivity index (χ2v) is 5.51. The van der Waals surface area contributed by atoms with Crippen LogP contribution in [0.5, 0.6) is 11.5 Å². The van der Waals surface area contributed by atoms with Gasteiger partial charge in [-0.15, -0.1) is 0 Å². The highest BCUT2D eigenvalue weighted by molar-refractivity contribution is 5.44. The SMILES string of the molecule is CCCOc1cc(F)c(CCC2OC2C)cc1OCCC. The maximum atomic E-state index is 14.2. The highest BCUT2D eigenvalue weighted by Gasteiger charge is 2.33. The molecule has 1 fully saturated rings.